The average Bonchev–Trinajstić information content (AvgIpc) is 3.25. The van der Waals surface area contributed by atoms with E-state index in [1.807, 2.05) is 54.4 Å². The van der Waals surface area contributed by atoms with Crippen LogP contribution in [-0.2, 0) is 17.9 Å². The summed E-state index contributed by atoms with van der Waals surface area (Å²) in [5, 5.41) is 1.93. The van der Waals surface area contributed by atoms with E-state index in [4.69, 9.17) is 9.47 Å². The summed E-state index contributed by atoms with van der Waals surface area (Å²) in [7, 11) is 1.22. The van der Waals surface area contributed by atoms with Crippen molar-refractivity contribution in [3.8, 4) is 5.75 Å². The van der Waals surface area contributed by atoms with Crippen molar-refractivity contribution >= 4 is 39.1 Å². The molecule has 1 aliphatic rings. The van der Waals surface area contributed by atoms with Crippen LogP contribution in [0.25, 0.3) is 0 Å². The predicted octanol–water partition coefficient (Wildman–Crippen LogP) is 3.92. The number of carbonyl (C=O) groups is 2. The van der Waals surface area contributed by atoms with Gasteiger partial charge in [0.25, 0.3) is 5.91 Å². The van der Waals surface area contributed by atoms with E-state index < -0.39 is 11.4 Å². The second-order valence-corrected chi connectivity index (χ2v) is 10.3. The highest BCUT2D eigenvalue weighted by Crippen LogP contribution is 2.29. The van der Waals surface area contributed by atoms with Gasteiger partial charge in [-0.3, -0.25) is 19.3 Å². The number of hydrogen-bond acceptors (Lipinski definition) is 7. The molecule has 34 heavy (non-hydrogen) atoms. The van der Waals surface area contributed by atoms with Crippen molar-refractivity contribution in [3.63, 3.8) is 0 Å². The van der Waals surface area contributed by atoms with E-state index in [9.17, 15) is 14.4 Å². The Bertz CT molecular complexity index is 1290. The SMILES string of the molecule is CCN1CN(Cc2ccc(Br)s2)n2c(C)c(C(=O)OC)c(=O)c(OCc3ccccc3)c2C1=O. The van der Waals surface area contributed by atoms with Crippen molar-refractivity contribution in [1.29, 1.82) is 0 Å². The van der Waals surface area contributed by atoms with Gasteiger partial charge in [-0.15, -0.1) is 11.3 Å². The zero-order valence-corrected chi connectivity index (χ0v) is 21.4. The average molecular weight is 546 g/mol. The van der Waals surface area contributed by atoms with Crippen LogP contribution in [0.15, 0.2) is 51.0 Å². The summed E-state index contributed by atoms with van der Waals surface area (Å²) < 4.78 is 13.5. The summed E-state index contributed by atoms with van der Waals surface area (Å²) in [4.78, 5) is 42.3. The third-order valence-corrected chi connectivity index (χ3v) is 7.22. The first-order chi connectivity index (χ1) is 16.3. The van der Waals surface area contributed by atoms with Gasteiger partial charge in [-0.1, -0.05) is 30.3 Å². The Hall–Kier alpha value is -3.11. The minimum atomic E-state index is -0.772. The first kappa shape index (κ1) is 24.0. The normalized spacial score (nSPS) is 13.1. The zero-order valence-electron chi connectivity index (χ0n) is 19.0. The Kier molecular flexibility index (Phi) is 7.08. The molecule has 10 heteroatoms. The monoisotopic (exact) mass is 545 g/mol. The molecule has 0 atom stereocenters. The number of thiophene rings is 1. The maximum absolute atomic E-state index is 13.5. The molecule has 0 unspecified atom stereocenters. The van der Waals surface area contributed by atoms with Gasteiger partial charge in [-0.05, 0) is 47.5 Å². The van der Waals surface area contributed by atoms with Gasteiger partial charge in [0.1, 0.15) is 18.8 Å². The molecule has 3 heterocycles. The number of fused-ring (bicyclic) bond motifs is 1. The molecule has 0 saturated carbocycles. The van der Waals surface area contributed by atoms with E-state index in [0.717, 1.165) is 14.2 Å². The minimum Gasteiger partial charge on any atom is -0.482 e. The Morgan fingerprint density at radius 1 is 1.15 bits per heavy atom. The molecule has 3 aromatic rings. The highest BCUT2D eigenvalue weighted by Gasteiger charge is 2.37. The van der Waals surface area contributed by atoms with Gasteiger partial charge in [-0.2, -0.15) is 0 Å². The molecular weight excluding hydrogens is 522 g/mol. The van der Waals surface area contributed by atoms with Crippen molar-refractivity contribution in [1.82, 2.24) is 9.58 Å². The lowest BCUT2D eigenvalue weighted by atomic mass is 10.1. The summed E-state index contributed by atoms with van der Waals surface area (Å²) in [6.07, 6.45) is 0. The Morgan fingerprint density at radius 3 is 2.50 bits per heavy atom. The lowest BCUT2D eigenvalue weighted by molar-refractivity contribution is 0.0589. The molecule has 1 aromatic carbocycles. The van der Waals surface area contributed by atoms with Crippen LogP contribution in [0.1, 0.15) is 43.9 Å². The highest BCUT2D eigenvalue weighted by molar-refractivity contribution is 9.11. The molecule has 8 nitrogen and oxygen atoms in total. The lowest BCUT2D eigenvalue weighted by Crippen LogP contribution is -2.55. The van der Waals surface area contributed by atoms with Crippen molar-refractivity contribution in [3.05, 3.63) is 83.9 Å². The molecule has 2 aromatic heterocycles. The summed E-state index contributed by atoms with van der Waals surface area (Å²) >= 11 is 5.06. The van der Waals surface area contributed by atoms with Crippen LogP contribution in [0.3, 0.4) is 0 Å². The molecule has 178 valence electrons. The van der Waals surface area contributed by atoms with Gasteiger partial charge in [0.05, 0.1) is 23.1 Å². The molecule has 0 N–H and O–H groups in total. The summed E-state index contributed by atoms with van der Waals surface area (Å²) in [5.74, 6) is -1.26. The van der Waals surface area contributed by atoms with Gasteiger partial charge >= 0.3 is 5.97 Å². The number of pyridine rings is 1. The van der Waals surface area contributed by atoms with Crippen molar-refractivity contribution in [2.24, 2.45) is 0 Å². The van der Waals surface area contributed by atoms with Gasteiger partial charge in [0.2, 0.25) is 5.43 Å². The van der Waals surface area contributed by atoms with Crippen molar-refractivity contribution in [2.75, 3.05) is 25.3 Å². The van der Waals surface area contributed by atoms with Crippen molar-refractivity contribution in [2.45, 2.75) is 27.0 Å². The first-order valence-electron chi connectivity index (χ1n) is 10.7. The number of aromatic nitrogens is 1. The molecule has 0 spiro atoms. The van der Waals surface area contributed by atoms with E-state index in [-0.39, 0.29) is 29.5 Å². The number of ether oxygens (including phenoxy) is 2. The number of carbonyl (C=O) groups excluding carboxylic acids is 2. The number of amides is 1. The molecule has 4 rings (SSSR count). The fourth-order valence-electron chi connectivity index (χ4n) is 3.96. The Labute approximate surface area is 209 Å². The van der Waals surface area contributed by atoms with Crippen LogP contribution in [0.2, 0.25) is 0 Å². The second kappa shape index (κ2) is 10.0. The van der Waals surface area contributed by atoms with Crippen LogP contribution >= 0.6 is 27.3 Å². The van der Waals surface area contributed by atoms with Crippen molar-refractivity contribution < 1.29 is 19.1 Å². The number of nitrogens with zero attached hydrogens (tertiary/aromatic N) is 3. The third kappa shape index (κ3) is 4.47. The van der Waals surface area contributed by atoms with Gasteiger partial charge in [-0.25, -0.2) is 4.79 Å². The van der Waals surface area contributed by atoms with Crippen LogP contribution < -0.4 is 15.2 Å². The van der Waals surface area contributed by atoms with Crippen LogP contribution in [0.5, 0.6) is 5.75 Å². The number of esters is 1. The molecular formula is C24H24BrN3O5S. The van der Waals surface area contributed by atoms with Crippen LogP contribution in [0.4, 0.5) is 0 Å². The fourth-order valence-corrected chi connectivity index (χ4v) is 5.45. The predicted molar refractivity (Wildman–Crippen MR) is 133 cm³/mol. The van der Waals surface area contributed by atoms with Gasteiger partial charge in [0, 0.05) is 11.4 Å². The molecule has 0 radical (unpaired) electrons. The molecule has 0 bridgehead atoms. The van der Waals surface area contributed by atoms with Crippen LogP contribution in [0, 0.1) is 6.92 Å². The summed E-state index contributed by atoms with van der Waals surface area (Å²) in [6.45, 7) is 4.81. The smallest absolute Gasteiger partial charge is 0.343 e. The number of rotatable bonds is 7. The molecule has 1 amide bonds. The highest BCUT2D eigenvalue weighted by atomic mass is 79.9. The van der Waals surface area contributed by atoms with Gasteiger partial charge in [0.15, 0.2) is 11.4 Å². The topological polar surface area (TPSA) is 81.1 Å². The standard InChI is InChI=1S/C24H24BrN3O5S/c1-4-26-14-27(12-17-10-11-18(25)34-17)28-15(2)19(24(31)32-3)21(29)22(20(28)23(26)30)33-13-16-8-6-5-7-9-16/h5-11H,4,12-14H2,1-3H3. The molecule has 1 aliphatic heterocycles. The number of hydrogen-bond donors (Lipinski definition) is 0. The van der Waals surface area contributed by atoms with E-state index in [0.29, 0.717) is 25.5 Å². The quantitative estimate of drug-likeness (QED) is 0.418. The number of halogens is 1. The molecule has 0 aliphatic carbocycles. The Morgan fingerprint density at radius 2 is 1.88 bits per heavy atom. The maximum atomic E-state index is 13.5. The molecule has 0 saturated heterocycles. The Balaban J connectivity index is 1.90. The van der Waals surface area contributed by atoms with E-state index >= 15 is 0 Å². The number of methoxy groups -OCH3 is 1. The lowest BCUT2D eigenvalue weighted by Gasteiger charge is -2.41. The van der Waals surface area contributed by atoms with E-state index in [1.54, 1.807) is 27.8 Å². The zero-order chi connectivity index (χ0) is 24.4. The largest absolute Gasteiger partial charge is 0.482 e. The fraction of sp³-hybridized carbons (Fsp3) is 0.292. The minimum absolute atomic E-state index is 0.0734. The van der Waals surface area contributed by atoms with Gasteiger partial charge < -0.3 is 14.4 Å². The van der Waals surface area contributed by atoms with E-state index in [1.165, 1.54) is 7.11 Å². The summed E-state index contributed by atoms with van der Waals surface area (Å²) in [6, 6.07) is 13.3. The third-order valence-electron chi connectivity index (χ3n) is 5.61. The number of benzene rings is 1. The maximum Gasteiger partial charge on any atom is 0.343 e. The van der Waals surface area contributed by atoms with E-state index in [2.05, 4.69) is 15.9 Å². The second-order valence-electron chi connectivity index (χ2n) is 7.72. The van der Waals surface area contributed by atoms with Crippen LogP contribution in [-0.4, -0.2) is 41.8 Å². The summed E-state index contributed by atoms with van der Waals surface area (Å²) in [5.41, 5.74) is 0.464. The molecule has 0 fully saturated rings. The first-order valence-corrected chi connectivity index (χ1v) is 12.3.